The maximum Gasteiger partial charge on any atom is 0.490 e. The second-order valence-electron chi connectivity index (χ2n) is 10.6. The molecule has 2 aliphatic heterocycles. The highest BCUT2D eigenvalue weighted by molar-refractivity contribution is 7.93. The van der Waals surface area contributed by atoms with Crippen molar-refractivity contribution in [2.45, 2.75) is 23.3 Å². The first-order valence-corrected chi connectivity index (χ1v) is 15.0. The molecular weight excluding hydrogens is 573 g/mol. The van der Waals surface area contributed by atoms with Crippen LogP contribution in [0, 0.1) is 0 Å². The van der Waals surface area contributed by atoms with Gasteiger partial charge in [0.25, 0.3) is 10.0 Å². The summed E-state index contributed by atoms with van der Waals surface area (Å²) in [6, 6.07) is 16.1. The number of likely N-dealkylation sites (N-methyl/N-ethyl adjacent to an activating group) is 1. The number of halogens is 3. The number of carbonyl (C=O) groups excluding carboxylic acids is 1. The van der Waals surface area contributed by atoms with Gasteiger partial charge in [-0.1, -0.05) is 42.5 Å². The molecule has 2 aliphatic rings. The highest BCUT2D eigenvalue weighted by Crippen LogP contribution is 2.47. The third kappa shape index (κ3) is 5.65. The predicted molar refractivity (Wildman–Crippen MR) is 152 cm³/mol. The zero-order chi connectivity index (χ0) is 30.2. The van der Waals surface area contributed by atoms with Gasteiger partial charge in [0.2, 0.25) is 0 Å². The van der Waals surface area contributed by atoms with Crippen LogP contribution in [0.1, 0.15) is 11.7 Å². The Labute approximate surface area is 243 Å². The number of fused-ring (bicyclic) bond motifs is 2. The van der Waals surface area contributed by atoms with Gasteiger partial charge < -0.3 is 14.4 Å². The number of hydrogen-bond donors (Lipinski definition) is 0. The predicted octanol–water partition coefficient (Wildman–Crippen LogP) is 3.71. The number of rotatable bonds is 8. The Kier molecular flexibility index (Phi) is 8.39. The number of piperazine rings is 1. The number of sulfonamides is 1. The van der Waals surface area contributed by atoms with Crippen LogP contribution in [-0.4, -0.2) is 102 Å². The summed E-state index contributed by atoms with van der Waals surface area (Å²) >= 11 is 0. The van der Waals surface area contributed by atoms with Crippen LogP contribution in [0.5, 0.6) is 5.75 Å². The first kappa shape index (κ1) is 30.1. The molecule has 226 valence electrons. The van der Waals surface area contributed by atoms with E-state index in [1.54, 1.807) is 47.4 Å². The van der Waals surface area contributed by atoms with Gasteiger partial charge in [0.05, 0.1) is 17.7 Å². The molecule has 0 aromatic heterocycles. The van der Waals surface area contributed by atoms with Crippen molar-refractivity contribution in [2.24, 2.45) is 0 Å². The van der Waals surface area contributed by atoms with E-state index < -0.39 is 34.4 Å². The maximum atomic E-state index is 14.6. The minimum atomic E-state index is -5.25. The fourth-order valence-electron chi connectivity index (χ4n) is 5.62. The SMILES string of the molecule is COc1ccc(S(=O)(=O)N2c3ccccc3C(OC(=O)C(F)(F)F)C2N2CCN(CCN(C)C)CC2)c2ccccc12. The van der Waals surface area contributed by atoms with E-state index in [0.717, 1.165) is 17.4 Å². The number of alkyl halides is 3. The van der Waals surface area contributed by atoms with Crippen LogP contribution >= 0.6 is 0 Å². The van der Waals surface area contributed by atoms with E-state index in [1.165, 1.54) is 25.3 Å². The molecule has 3 aromatic carbocycles. The Hall–Kier alpha value is -3.39. The topological polar surface area (TPSA) is 82.6 Å². The minimum Gasteiger partial charge on any atom is -0.496 e. The van der Waals surface area contributed by atoms with Gasteiger partial charge in [0.15, 0.2) is 6.10 Å². The van der Waals surface area contributed by atoms with Crippen molar-refractivity contribution in [1.29, 1.82) is 0 Å². The summed E-state index contributed by atoms with van der Waals surface area (Å²) in [7, 11) is 1.03. The van der Waals surface area contributed by atoms with E-state index in [4.69, 9.17) is 9.47 Å². The number of anilines is 1. The summed E-state index contributed by atoms with van der Waals surface area (Å²) in [6.45, 7) is 3.48. The van der Waals surface area contributed by atoms with Crippen molar-refractivity contribution in [3.8, 4) is 5.75 Å². The second-order valence-corrected chi connectivity index (χ2v) is 12.4. The van der Waals surface area contributed by atoms with Crippen molar-refractivity contribution in [1.82, 2.24) is 14.7 Å². The van der Waals surface area contributed by atoms with Gasteiger partial charge in [-0.25, -0.2) is 17.5 Å². The van der Waals surface area contributed by atoms with Crippen LogP contribution in [0.2, 0.25) is 0 Å². The van der Waals surface area contributed by atoms with Gasteiger partial charge in [0.1, 0.15) is 11.9 Å². The molecule has 0 aliphatic carbocycles. The van der Waals surface area contributed by atoms with Crippen molar-refractivity contribution >= 4 is 32.5 Å². The van der Waals surface area contributed by atoms with Crippen LogP contribution in [0.25, 0.3) is 10.8 Å². The fraction of sp³-hybridized carbons (Fsp3) is 0.414. The molecule has 0 radical (unpaired) electrons. The number of methoxy groups -OCH3 is 1. The fourth-order valence-corrected chi connectivity index (χ4v) is 7.48. The van der Waals surface area contributed by atoms with Crippen molar-refractivity contribution in [3.63, 3.8) is 0 Å². The lowest BCUT2D eigenvalue weighted by Crippen LogP contribution is -2.58. The van der Waals surface area contributed by atoms with Gasteiger partial charge in [-0.15, -0.1) is 0 Å². The summed E-state index contributed by atoms with van der Waals surface area (Å²) in [5, 5.41) is 0.969. The number of carbonyl (C=O) groups is 1. The maximum absolute atomic E-state index is 14.6. The standard InChI is InChI=1S/C29H33F3N4O5S/c1-33(2)14-15-34-16-18-35(19-17-34)27-26(41-28(37)29(30,31)32)22-10-6-7-11-23(22)36(27)42(38,39)25-13-12-24(40-3)20-8-4-5-9-21(20)25/h4-13,26-27H,14-19H2,1-3H3. The third-order valence-electron chi connectivity index (χ3n) is 7.70. The van der Waals surface area contributed by atoms with Crippen molar-refractivity contribution in [2.75, 3.05) is 64.8 Å². The second kappa shape index (κ2) is 11.7. The monoisotopic (exact) mass is 606 g/mol. The Bertz CT molecular complexity index is 1560. The molecule has 1 fully saturated rings. The minimum absolute atomic E-state index is 0.0360. The van der Waals surface area contributed by atoms with E-state index in [-0.39, 0.29) is 16.1 Å². The molecule has 0 N–H and O–H groups in total. The number of para-hydroxylation sites is 1. The first-order chi connectivity index (χ1) is 19.9. The molecule has 0 spiro atoms. The third-order valence-corrected chi connectivity index (χ3v) is 9.54. The summed E-state index contributed by atoms with van der Waals surface area (Å²) in [6.07, 6.45) is -7.97. The summed E-state index contributed by atoms with van der Waals surface area (Å²) in [5.74, 6) is -1.89. The average Bonchev–Trinajstić information content (AvgIpc) is 3.30. The molecule has 2 unspecified atom stereocenters. The van der Waals surface area contributed by atoms with E-state index in [9.17, 15) is 26.4 Å². The molecule has 2 atom stereocenters. The molecule has 2 heterocycles. The molecule has 3 aromatic rings. The number of hydrogen-bond acceptors (Lipinski definition) is 8. The largest absolute Gasteiger partial charge is 0.496 e. The van der Waals surface area contributed by atoms with Crippen molar-refractivity contribution < 1.29 is 35.9 Å². The van der Waals surface area contributed by atoms with Gasteiger partial charge in [0, 0.05) is 55.6 Å². The van der Waals surface area contributed by atoms with E-state index in [2.05, 4.69) is 9.80 Å². The van der Waals surface area contributed by atoms with Gasteiger partial charge in [-0.3, -0.25) is 9.80 Å². The van der Waals surface area contributed by atoms with Gasteiger partial charge >= 0.3 is 12.1 Å². The van der Waals surface area contributed by atoms with E-state index >= 15 is 0 Å². The molecule has 42 heavy (non-hydrogen) atoms. The molecule has 9 nitrogen and oxygen atoms in total. The Balaban J connectivity index is 1.61. The van der Waals surface area contributed by atoms with Gasteiger partial charge in [-0.05, 0) is 32.3 Å². The van der Waals surface area contributed by atoms with E-state index in [0.29, 0.717) is 42.7 Å². The Morgan fingerprint density at radius 2 is 1.60 bits per heavy atom. The zero-order valence-corrected chi connectivity index (χ0v) is 24.4. The molecule has 0 bridgehead atoms. The number of esters is 1. The molecule has 5 rings (SSSR count). The van der Waals surface area contributed by atoms with Gasteiger partial charge in [-0.2, -0.15) is 13.2 Å². The Morgan fingerprint density at radius 3 is 2.24 bits per heavy atom. The molecule has 0 amide bonds. The molecule has 1 saturated heterocycles. The van der Waals surface area contributed by atoms with Crippen LogP contribution in [0.3, 0.4) is 0 Å². The number of ether oxygens (including phenoxy) is 2. The summed E-state index contributed by atoms with van der Waals surface area (Å²) in [5.41, 5.74) is 0.356. The number of benzene rings is 3. The summed E-state index contributed by atoms with van der Waals surface area (Å²) < 4.78 is 81.2. The van der Waals surface area contributed by atoms with Crippen molar-refractivity contribution in [3.05, 3.63) is 66.2 Å². The lowest BCUT2D eigenvalue weighted by molar-refractivity contribution is -0.207. The normalized spacial score (nSPS) is 20.2. The van der Waals surface area contributed by atoms with Crippen LogP contribution in [-0.2, 0) is 19.6 Å². The molecule has 0 saturated carbocycles. The average molecular weight is 607 g/mol. The highest BCUT2D eigenvalue weighted by atomic mass is 32.2. The smallest absolute Gasteiger partial charge is 0.490 e. The van der Waals surface area contributed by atoms with Crippen LogP contribution in [0.15, 0.2) is 65.6 Å². The highest BCUT2D eigenvalue weighted by Gasteiger charge is 2.53. The molecular formula is C29H33F3N4O5S. The lowest BCUT2D eigenvalue weighted by Gasteiger charge is -2.42. The number of nitrogens with zero attached hydrogens (tertiary/aromatic N) is 4. The lowest BCUT2D eigenvalue weighted by atomic mass is 10.1. The van der Waals surface area contributed by atoms with Crippen LogP contribution in [0.4, 0.5) is 18.9 Å². The summed E-state index contributed by atoms with van der Waals surface area (Å²) in [4.78, 5) is 18.2. The zero-order valence-electron chi connectivity index (χ0n) is 23.5. The first-order valence-electron chi connectivity index (χ1n) is 13.5. The van der Waals surface area contributed by atoms with E-state index in [1.807, 2.05) is 14.1 Å². The Morgan fingerprint density at radius 1 is 0.952 bits per heavy atom. The van der Waals surface area contributed by atoms with Crippen LogP contribution < -0.4 is 9.04 Å². The molecule has 13 heteroatoms. The quantitative estimate of drug-likeness (QED) is 0.359.